The Labute approximate surface area is 654 Å². The van der Waals surface area contributed by atoms with Crippen molar-refractivity contribution in [1.82, 2.24) is 0 Å². The Hall–Kier alpha value is -8.88. The summed E-state index contributed by atoms with van der Waals surface area (Å²) in [5, 5.41) is 12.7. The van der Waals surface area contributed by atoms with Crippen LogP contribution in [0.3, 0.4) is 0 Å². The molecule has 0 bridgehead atoms. The fraction of sp³-hybridized carbons (Fsp3) is 0.778. The Balaban J connectivity index is 1.48. The van der Waals surface area contributed by atoms with Crippen molar-refractivity contribution in [3.63, 3.8) is 0 Å². The summed E-state index contributed by atoms with van der Waals surface area (Å²) in [6, 6.07) is 0. The number of aliphatic hydroxyl groups is 1. The summed E-state index contributed by atoms with van der Waals surface area (Å²) >= 11 is 0. The van der Waals surface area contributed by atoms with Gasteiger partial charge in [-0.25, -0.2) is 0 Å². The first-order valence-electron chi connectivity index (χ1n) is 36.5. The highest BCUT2D eigenvalue weighted by Crippen LogP contribution is 2.45. The zero-order valence-electron chi connectivity index (χ0n) is 66.5. The average Bonchev–Trinajstić information content (AvgIpc) is 0.745. The molecule has 1 saturated carbocycles. The van der Waals surface area contributed by atoms with Gasteiger partial charge >= 0.3 is 95.5 Å². The molecule has 42 nitrogen and oxygen atoms in total. The number of hydrogen-bond acceptors (Lipinski definition) is 42. The van der Waals surface area contributed by atoms with E-state index in [1.807, 2.05) is 0 Å². The van der Waals surface area contributed by atoms with Gasteiger partial charge in [-0.05, 0) is 6.42 Å². The van der Waals surface area contributed by atoms with Gasteiger partial charge in [-0.1, -0.05) is 20.8 Å². The lowest BCUT2D eigenvalue weighted by atomic mass is 9.76. The molecule has 1 aliphatic carbocycles. The minimum Gasteiger partial charge on any atom is -0.465 e. The molecule has 642 valence electrons. The van der Waals surface area contributed by atoms with Gasteiger partial charge in [-0.2, -0.15) is 0 Å². The molecule has 0 aromatic heterocycles. The number of carbonyl (C=O) groups excluding carboxylic acids is 16. The van der Waals surface area contributed by atoms with E-state index in [4.69, 9.17) is 118 Å². The lowest BCUT2D eigenvalue weighted by molar-refractivity contribution is -0.376. The molecule has 6 fully saturated rings. The molecule has 30 atom stereocenters. The van der Waals surface area contributed by atoms with Crippen LogP contribution in [0.15, 0.2) is 0 Å². The van der Waals surface area contributed by atoms with Crippen molar-refractivity contribution in [2.75, 3.05) is 39.6 Å². The SMILES string of the molecule is CC(=O)OCC1CC(OC2C(COC(C)=O)OC(OC3C(COC(C)=O)OC(C4OC(COC(C)=O)C(OC5OC(COC(C)=O)C(OC6OC(COC(C)=O)C(OC(C)=O)C(C)C6OC(C)=O)C(OC(C)=O)C5OC(C)=O)C(OC(C)=O)C4OC(C)=O)C(C)C3OC(C)=O)C(OC(C)=O)C2O)C(C)C(OC(C)=O)C1OC(C)=O. The Kier molecular flexibility index (Phi) is 35.2. The number of rotatable bonds is 31. The quantitative estimate of drug-likeness (QED) is 0.0681. The molecule has 5 heterocycles. The van der Waals surface area contributed by atoms with E-state index in [0.717, 1.165) is 111 Å². The molecule has 6 rings (SSSR count). The maximum absolute atomic E-state index is 13.8. The summed E-state index contributed by atoms with van der Waals surface area (Å²) in [5.74, 6) is -19.6. The molecule has 30 unspecified atom stereocenters. The van der Waals surface area contributed by atoms with Crippen molar-refractivity contribution in [1.29, 1.82) is 0 Å². The van der Waals surface area contributed by atoms with Crippen LogP contribution in [0.4, 0.5) is 0 Å². The van der Waals surface area contributed by atoms with Gasteiger partial charge in [0.2, 0.25) is 0 Å². The van der Waals surface area contributed by atoms with Crippen LogP contribution in [-0.2, 0) is 195 Å². The highest BCUT2D eigenvalue weighted by atomic mass is 16.8. The number of carbonyl (C=O) groups is 16. The van der Waals surface area contributed by atoms with E-state index in [0.29, 0.717) is 0 Å². The normalized spacial score (nSPS) is 35.2. The van der Waals surface area contributed by atoms with E-state index in [1.54, 1.807) is 6.92 Å². The standard InChI is InChI=1S/C72H102O42/c1-27-47(20-46(21-90-30(4)73)59(100-40(14)83)55(27)97-37(11)80)106-60-49(23-92-32(6)75)110-71(64(53(60)89)101-41(15)84)112-61-50(24-93-33(7)76)107-57(29(3)56(61)98-38(12)81)65-68(104-44(18)87)66(102-42(16)85)62(51(108-65)25-94-34(8)77)114-72-69(105-45(19)88)67(103-43(17)86)63(52(111-72)26-95-35(9)78)113-70-58(99-39(13)82)28(2)54(96-36(10)79)48(109-70)22-91-31(5)74/h27-29,46-72,89H,20-26H2,1-19H3. The minimum absolute atomic E-state index is 0.138. The van der Waals surface area contributed by atoms with Crippen LogP contribution in [0.5, 0.6) is 0 Å². The fourth-order valence-corrected chi connectivity index (χ4v) is 14.3. The first-order valence-corrected chi connectivity index (χ1v) is 36.5. The van der Waals surface area contributed by atoms with Crippen LogP contribution in [-0.4, -0.2) is 300 Å². The lowest BCUT2D eigenvalue weighted by Gasteiger charge is -2.53. The molecule has 0 radical (unpaired) electrons. The Morgan fingerprint density at radius 2 is 0.518 bits per heavy atom. The largest absolute Gasteiger partial charge is 0.465 e. The predicted octanol–water partition coefficient (Wildman–Crippen LogP) is -0.410. The second kappa shape index (κ2) is 42.7. The zero-order valence-corrected chi connectivity index (χ0v) is 66.5. The van der Waals surface area contributed by atoms with Crippen LogP contribution in [0, 0.1) is 23.7 Å². The third-order valence-corrected chi connectivity index (χ3v) is 18.6. The van der Waals surface area contributed by atoms with Crippen LogP contribution in [0.1, 0.15) is 138 Å². The summed E-state index contributed by atoms with van der Waals surface area (Å²) in [4.78, 5) is 208. The van der Waals surface area contributed by atoms with Crippen molar-refractivity contribution in [2.45, 2.75) is 297 Å². The molecule has 42 heteroatoms. The number of ether oxygens (including phenoxy) is 25. The van der Waals surface area contributed by atoms with Gasteiger partial charge in [-0.15, -0.1) is 0 Å². The molecule has 0 aromatic carbocycles. The van der Waals surface area contributed by atoms with Gasteiger partial charge in [-0.3, -0.25) is 76.7 Å². The minimum atomic E-state index is -2.21. The average molecular weight is 1640 g/mol. The van der Waals surface area contributed by atoms with E-state index in [1.165, 1.54) is 13.8 Å². The fourth-order valence-electron chi connectivity index (χ4n) is 14.3. The first-order chi connectivity index (χ1) is 53.3. The van der Waals surface area contributed by atoms with Gasteiger partial charge in [0, 0.05) is 134 Å². The lowest BCUT2D eigenvalue weighted by Crippen LogP contribution is -2.71. The molecule has 0 amide bonds. The summed E-state index contributed by atoms with van der Waals surface area (Å²) in [6.07, 6.45) is -46.4. The summed E-state index contributed by atoms with van der Waals surface area (Å²) in [5.41, 5.74) is 0. The van der Waals surface area contributed by atoms with Crippen LogP contribution >= 0.6 is 0 Å². The zero-order chi connectivity index (χ0) is 85.2. The second-order valence-corrected chi connectivity index (χ2v) is 28.0. The molecular formula is C72H102O42. The van der Waals surface area contributed by atoms with E-state index in [-0.39, 0.29) is 6.42 Å². The van der Waals surface area contributed by atoms with E-state index >= 15 is 0 Å². The molecule has 114 heavy (non-hydrogen) atoms. The summed E-state index contributed by atoms with van der Waals surface area (Å²) in [7, 11) is 0. The molecule has 0 spiro atoms. The van der Waals surface area contributed by atoms with Gasteiger partial charge in [0.1, 0.15) is 125 Å². The summed E-state index contributed by atoms with van der Waals surface area (Å²) < 4.78 is 150. The molecular weight excluding hydrogens is 1540 g/mol. The third kappa shape index (κ3) is 26.6. The van der Waals surface area contributed by atoms with Gasteiger partial charge in [0.05, 0.1) is 18.8 Å². The van der Waals surface area contributed by atoms with Crippen molar-refractivity contribution < 1.29 is 200 Å². The molecule has 1 N–H and O–H groups in total. The number of hydrogen-bond donors (Lipinski definition) is 1. The summed E-state index contributed by atoms with van der Waals surface area (Å²) in [6.45, 7) is 16.2. The monoisotopic (exact) mass is 1640 g/mol. The Bertz CT molecular complexity index is 3430. The molecule has 6 aliphatic rings. The van der Waals surface area contributed by atoms with Gasteiger partial charge in [0.25, 0.3) is 0 Å². The smallest absolute Gasteiger partial charge is 0.303 e. The Morgan fingerprint density at radius 3 is 0.921 bits per heavy atom. The second-order valence-electron chi connectivity index (χ2n) is 28.0. The molecule has 0 aromatic rings. The number of aliphatic hydroxyl groups excluding tert-OH is 1. The molecule has 5 aliphatic heterocycles. The highest BCUT2D eigenvalue weighted by Gasteiger charge is 2.64. The van der Waals surface area contributed by atoms with Crippen molar-refractivity contribution in [3.8, 4) is 0 Å². The Morgan fingerprint density at radius 1 is 0.246 bits per heavy atom. The van der Waals surface area contributed by atoms with Crippen molar-refractivity contribution in [3.05, 3.63) is 0 Å². The van der Waals surface area contributed by atoms with Crippen LogP contribution in [0.25, 0.3) is 0 Å². The third-order valence-electron chi connectivity index (χ3n) is 18.6. The van der Waals surface area contributed by atoms with E-state index < -0.39 is 318 Å². The first kappa shape index (κ1) is 94.0. The highest BCUT2D eigenvalue weighted by molar-refractivity contribution is 5.72. The van der Waals surface area contributed by atoms with E-state index in [2.05, 4.69) is 0 Å². The van der Waals surface area contributed by atoms with Crippen molar-refractivity contribution in [2.24, 2.45) is 23.7 Å². The van der Waals surface area contributed by atoms with Crippen molar-refractivity contribution >= 4 is 95.5 Å². The number of esters is 16. The van der Waals surface area contributed by atoms with Crippen LogP contribution < -0.4 is 0 Å². The van der Waals surface area contributed by atoms with Gasteiger partial charge < -0.3 is 124 Å². The maximum Gasteiger partial charge on any atom is 0.303 e. The topological polar surface area (TPSA) is 524 Å². The predicted molar refractivity (Wildman–Crippen MR) is 364 cm³/mol. The molecule has 5 saturated heterocycles. The van der Waals surface area contributed by atoms with Gasteiger partial charge in [0.15, 0.2) is 55.5 Å². The van der Waals surface area contributed by atoms with E-state index in [9.17, 15) is 81.8 Å². The van der Waals surface area contributed by atoms with Crippen LogP contribution in [0.2, 0.25) is 0 Å². The maximum atomic E-state index is 13.8.